The van der Waals surface area contributed by atoms with Gasteiger partial charge in [-0.2, -0.15) is 0 Å². The Hall–Kier alpha value is -4.89. The van der Waals surface area contributed by atoms with E-state index in [1.165, 1.54) is 19.1 Å². The summed E-state index contributed by atoms with van der Waals surface area (Å²) in [6.07, 6.45) is -6.11. The molecule has 15 heteroatoms. The van der Waals surface area contributed by atoms with Crippen molar-refractivity contribution in [2.45, 2.75) is 109 Å². The van der Waals surface area contributed by atoms with Crippen LogP contribution in [0.3, 0.4) is 0 Å². The SMILES string of the molecule is C=C1[C@@H](OC(=O)/C=C/c2ccccc2)C[C@H](OC(C)=O)[C@@]2(CCOC(C)=O)[C@@H](OC(C)=O)[C@H](OC(C)=O)[C@]3(O)[C@@]4(C)CO[C@]3(C)C(=O)C[C@H]4[C@@H](OC(C)=O)[C@H]12. The first-order valence-corrected chi connectivity index (χ1v) is 18.1. The number of aliphatic hydroxyl groups is 1. The fraction of sp³-hybridized carbons (Fsp3) is 0.575. The summed E-state index contributed by atoms with van der Waals surface area (Å²) in [5.74, 6) is -8.09. The maximum absolute atomic E-state index is 14.3. The molecule has 1 aromatic rings. The zero-order chi connectivity index (χ0) is 40.7. The van der Waals surface area contributed by atoms with Gasteiger partial charge in [-0.05, 0) is 30.6 Å². The van der Waals surface area contributed by atoms with Crippen LogP contribution in [0.5, 0.6) is 0 Å². The van der Waals surface area contributed by atoms with Crippen molar-refractivity contribution in [3.8, 4) is 0 Å². The molecule has 3 saturated carbocycles. The lowest BCUT2D eigenvalue weighted by molar-refractivity contribution is -0.300. The fourth-order valence-corrected chi connectivity index (χ4v) is 9.60. The lowest BCUT2D eigenvalue weighted by Crippen LogP contribution is -2.80. The molecule has 5 rings (SSSR count). The Labute approximate surface area is 318 Å². The smallest absolute Gasteiger partial charge is 0.331 e. The number of ether oxygens (including phenoxy) is 7. The molecule has 0 unspecified atom stereocenters. The highest BCUT2D eigenvalue weighted by atomic mass is 16.6. The van der Waals surface area contributed by atoms with Gasteiger partial charge >= 0.3 is 35.8 Å². The van der Waals surface area contributed by atoms with E-state index in [2.05, 4.69) is 6.58 Å². The van der Waals surface area contributed by atoms with E-state index < -0.39 is 113 Å². The Morgan fingerprint density at radius 3 is 2.04 bits per heavy atom. The van der Waals surface area contributed by atoms with Crippen LogP contribution in [0.1, 0.15) is 73.3 Å². The van der Waals surface area contributed by atoms with E-state index >= 15 is 0 Å². The van der Waals surface area contributed by atoms with Crippen LogP contribution in [0.15, 0.2) is 48.6 Å². The number of carbonyl (C=O) groups excluding carboxylic acids is 7. The van der Waals surface area contributed by atoms with Crippen molar-refractivity contribution in [2.24, 2.45) is 22.7 Å². The molecule has 4 bridgehead atoms. The second-order valence-electron chi connectivity index (χ2n) is 15.1. The number of benzene rings is 1. The van der Waals surface area contributed by atoms with Gasteiger partial charge in [0.05, 0.1) is 18.6 Å². The number of esters is 6. The second kappa shape index (κ2) is 15.3. The molecule has 1 heterocycles. The molecule has 0 amide bonds. The molecule has 4 aliphatic rings. The summed E-state index contributed by atoms with van der Waals surface area (Å²) >= 11 is 0. The molecule has 0 aromatic heterocycles. The van der Waals surface area contributed by atoms with Crippen molar-refractivity contribution in [1.29, 1.82) is 0 Å². The van der Waals surface area contributed by atoms with Crippen LogP contribution in [-0.2, 0) is 66.7 Å². The highest BCUT2D eigenvalue weighted by Gasteiger charge is 2.83. The summed E-state index contributed by atoms with van der Waals surface area (Å²) in [7, 11) is 0. The zero-order valence-electron chi connectivity index (χ0n) is 32.0. The maximum Gasteiger partial charge on any atom is 0.331 e. The number of Topliss-reactive ketones (excluding diaryl/α,β-unsaturated/α-hetero) is 1. The summed E-state index contributed by atoms with van der Waals surface area (Å²) in [4.78, 5) is 92.5. The van der Waals surface area contributed by atoms with E-state index in [0.717, 1.165) is 34.6 Å². The number of fused-ring (bicyclic) bond motifs is 1. The fourth-order valence-electron chi connectivity index (χ4n) is 9.60. The van der Waals surface area contributed by atoms with E-state index in [9.17, 15) is 38.7 Å². The van der Waals surface area contributed by atoms with Crippen molar-refractivity contribution in [2.75, 3.05) is 13.2 Å². The highest BCUT2D eigenvalue weighted by molar-refractivity contribution is 5.91. The molecule has 4 fully saturated rings. The van der Waals surface area contributed by atoms with Crippen LogP contribution in [0.2, 0.25) is 0 Å². The minimum atomic E-state index is -2.47. The van der Waals surface area contributed by atoms with Gasteiger partial charge in [0.25, 0.3) is 0 Å². The van der Waals surface area contributed by atoms with Gasteiger partial charge < -0.3 is 38.3 Å². The van der Waals surface area contributed by atoms with E-state index in [1.54, 1.807) is 31.2 Å². The van der Waals surface area contributed by atoms with Gasteiger partial charge in [-0.3, -0.25) is 28.8 Å². The summed E-state index contributed by atoms with van der Waals surface area (Å²) in [5.41, 5.74) is -7.20. The summed E-state index contributed by atoms with van der Waals surface area (Å²) in [6, 6.07) is 8.93. The molecule has 3 aliphatic carbocycles. The molecule has 1 aromatic carbocycles. The van der Waals surface area contributed by atoms with Crippen LogP contribution in [0, 0.1) is 22.7 Å². The minimum absolute atomic E-state index is 0.103. The van der Waals surface area contributed by atoms with Crippen molar-refractivity contribution >= 4 is 47.7 Å². The Morgan fingerprint density at radius 1 is 0.855 bits per heavy atom. The van der Waals surface area contributed by atoms with Gasteiger partial charge in [0.15, 0.2) is 23.6 Å². The summed E-state index contributed by atoms with van der Waals surface area (Å²) < 4.78 is 41.9. The monoisotopic (exact) mass is 768 g/mol. The minimum Gasteiger partial charge on any atom is -0.466 e. The van der Waals surface area contributed by atoms with Crippen LogP contribution < -0.4 is 0 Å². The van der Waals surface area contributed by atoms with Crippen LogP contribution in [-0.4, -0.2) is 102 Å². The molecule has 1 aliphatic heterocycles. The van der Waals surface area contributed by atoms with Gasteiger partial charge in [-0.1, -0.05) is 43.8 Å². The lowest BCUT2D eigenvalue weighted by Gasteiger charge is -2.65. The summed E-state index contributed by atoms with van der Waals surface area (Å²) in [5, 5.41) is 13.3. The van der Waals surface area contributed by atoms with E-state index in [1.807, 2.05) is 6.07 Å². The number of ketones is 1. The standard InChI is InChI=1S/C40H48O15/c1-21-29(55-32(47)15-14-27-12-10-9-11-13-27)19-31(51-23(3)42)39(16-17-49-22(2)41)33(21)34(52-24(4)43)28-18-30(46)38(8)40(48,37(28,7)20-50-38)36(54-26(6)45)35(39)53-25(5)44/h9-15,28-29,31,33-36,48H,1,16-20H2,2-8H3/b15-14+/t28-,29-,31-,33-,34+,35-,36-,37-,38+,39+,40-/m0/s1. The van der Waals surface area contributed by atoms with Crippen LogP contribution in [0.4, 0.5) is 0 Å². The van der Waals surface area contributed by atoms with Crippen molar-refractivity contribution in [1.82, 2.24) is 0 Å². The predicted molar refractivity (Wildman–Crippen MR) is 189 cm³/mol. The van der Waals surface area contributed by atoms with Crippen molar-refractivity contribution < 1.29 is 71.8 Å². The highest BCUT2D eigenvalue weighted by Crippen LogP contribution is 2.68. The van der Waals surface area contributed by atoms with Gasteiger partial charge in [-0.25, -0.2) is 4.79 Å². The predicted octanol–water partition coefficient (Wildman–Crippen LogP) is 2.98. The molecule has 0 spiro atoms. The van der Waals surface area contributed by atoms with E-state index in [-0.39, 0.29) is 31.4 Å². The Kier molecular flexibility index (Phi) is 11.5. The first-order chi connectivity index (χ1) is 25.7. The largest absolute Gasteiger partial charge is 0.466 e. The molecule has 15 nitrogen and oxygen atoms in total. The van der Waals surface area contributed by atoms with E-state index in [0.29, 0.717) is 5.56 Å². The first kappa shape index (κ1) is 41.3. The van der Waals surface area contributed by atoms with Gasteiger partial charge in [-0.15, -0.1) is 0 Å². The number of carbonyl (C=O) groups is 7. The van der Waals surface area contributed by atoms with Gasteiger partial charge in [0, 0.05) is 70.8 Å². The molecule has 55 heavy (non-hydrogen) atoms. The zero-order valence-corrected chi connectivity index (χ0v) is 32.0. The third-order valence-corrected chi connectivity index (χ3v) is 11.9. The van der Waals surface area contributed by atoms with Crippen LogP contribution in [0.25, 0.3) is 6.08 Å². The number of rotatable bonds is 10. The van der Waals surface area contributed by atoms with Gasteiger partial charge in [0.1, 0.15) is 23.9 Å². The normalized spacial score (nSPS) is 36.4. The molecule has 1 saturated heterocycles. The Bertz CT molecular complexity index is 1790. The van der Waals surface area contributed by atoms with Gasteiger partial charge in [0.2, 0.25) is 0 Å². The molecule has 0 radical (unpaired) electrons. The molecule has 11 atom stereocenters. The third-order valence-electron chi connectivity index (χ3n) is 11.9. The third kappa shape index (κ3) is 7.08. The van der Waals surface area contributed by atoms with Crippen LogP contribution >= 0.6 is 0 Å². The lowest BCUT2D eigenvalue weighted by atomic mass is 9.43. The topological polar surface area (TPSA) is 204 Å². The van der Waals surface area contributed by atoms with Crippen molar-refractivity contribution in [3.05, 3.63) is 54.1 Å². The quantitative estimate of drug-likeness (QED) is 0.157. The average Bonchev–Trinajstić information content (AvgIpc) is 3.23. The Balaban J connectivity index is 1.84. The number of hydrogen-bond donors (Lipinski definition) is 1. The molecule has 1 N–H and O–H groups in total. The first-order valence-electron chi connectivity index (χ1n) is 18.1. The Morgan fingerprint density at radius 2 is 1.45 bits per heavy atom. The number of hydrogen-bond acceptors (Lipinski definition) is 15. The van der Waals surface area contributed by atoms with E-state index in [4.69, 9.17) is 33.2 Å². The molecule has 298 valence electrons. The summed E-state index contributed by atoms with van der Waals surface area (Å²) in [6.45, 7) is 12.2. The average molecular weight is 769 g/mol. The van der Waals surface area contributed by atoms with Crippen molar-refractivity contribution in [3.63, 3.8) is 0 Å². The maximum atomic E-state index is 14.3. The molecular weight excluding hydrogens is 720 g/mol. The molecular formula is C40H48O15. The second-order valence-corrected chi connectivity index (χ2v) is 15.1.